The fourth-order valence-corrected chi connectivity index (χ4v) is 4.49. The Hall–Kier alpha value is 0.423. The van der Waals surface area contributed by atoms with Gasteiger partial charge in [-0.1, -0.05) is 39.5 Å². The van der Waals surface area contributed by atoms with Gasteiger partial charge in [0.2, 0.25) is 0 Å². The Morgan fingerprint density at radius 2 is 1.00 bits per heavy atom. The van der Waals surface area contributed by atoms with Gasteiger partial charge >= 0.3 is 26.2 Å². The van der Waals surface area contributed by atoms with Gasteiger partial charge in [-0.15, -0.1) is 37.7 Å². The van der Waals surface area contributed by atoms with Crippen LogP contribution in [-0.4, -0.2) is 0 Å². The van der Waals surface area contributed by atoms with Gasteiger partial charge in [0.1, 0.15) is 0 Å². The second-order valence-electron chi connectivity index (χ2n) is 7.93. The van der Waals surface area contributed by atoms with Crippen LogP contribution in [0.5, 0.6) is 0 Å². The van der Waals surface area contributed by atoms with Crippen molar-refractivity contribution in [3.63, 3.8) is 0 Å². The van der Waals surface area contributed by atoms with Crippen LogP contribution in [0.2, 0.25) is 0 Å². The average molecular weight is 459 g/mol. The molecule has 0 aliphatic heterocycles. The van der Waals surface area contributed by atoms with Crippen LogP contribution in [-0.2, 0) is 26.2 Å². The summed E-state index contributed by atoms with van der Waals surface area (Å²) in [6.07, 6.45) is 29.1. The summed E-state index contributed by atoms with van der Waals surface area (Å²) < 4.78 is 0. The van der Waals surface area contributed by atoms with E-state index in [2.05, 4.69) is 50.3 Å². The van der Waals surface area contributed by atoms with Crippen molar-refractivity contribution in [3.05, 3.63) is 47.6 Å². The molecule has 0 aromatic heterocycles. The molecule has 0 amide bonds. The molecule has 0 radical (unpaired) electrons. The molecule has 3 heteroatoms. The molecule has 0 saturated heterocycles. The van der Waals surface area contributed by atoms with Gasteiger partial charge in [0.25, 0.3) is 0 Å². The molecule has 2 fully saturated rings. The quantitative estimate of drug-likeness (QED) is 0.379. The van der Waals surface area contributed by atoms with Gasteiger partial charge in [0.05, 0.1) is 0 Å². The Balaban J connectivity index is 0.000000411. The summed E-state index contributed by atoms with van der Waals surface area (Å²) in [5.41, 5.74) is 3.95. The Kier molecular flexibility index (Phi) is 11.5. The molecular formula is C22H32Cl2Zr. The van der Waals surface area contributed by atoms with Crippen LogP contribution < -0.4 is 0 Å². The fraction of sp³-hybridized carbons (Fsp3) is 0.636. The summed E-state index contributed by atoms with van der Waals surface area (Å²) in [5, 5.41) is 0. The number of hydrogen-bond acceptors (Lipinski definition) is 0. The topological polar surface area (TPSA) is 0 Å². The standard InChI is InChI=1S/2C11H15.2ClH.Zr/c2*1-11(8-4-5-9-11)10-6-2-3-7-10;;;/h2*2,6H,3-5,8-9H2,1H3;2*1H;/q2*-1;;;+2. The molecular weight excluding hydrogens is 426 g/mol. The van der Waals surface area contributed by atoms with E-state index < -0.39 is 0 Å². The molecule has 138 valence electrons. The summed E-state index contributed by atoms with van der Waals surface area (Å²) in [5.74, 6) is 0. The van der Waals surface area contributed by atoms with Crippen molar-refractivity contribution in [2.24, 2.45) is 10.8 Å². The number of halogens is 2. The predicted octanol–water partition coefficient (Wildman–Crippen LogP) is 7.35. The van der Waals surface area contributed by atoms with Crippen LogP contribution in [0.1, 0.15) is 78.1 Å². The molecule has 0 aromatic rings. The Bertz CT molecular complexity index is 468. The van der Waals surface area contributed by atoms with Crippen molar-refractivity contribution < 1.29 is 26.2 Å². The first kappa shape index (κ1) is 25.4. The van der Waals surface area contributed by atoms with Gasteiger partial charge in [0.15, 0.2) is 0 Å². The van der Waals surface area contributed by atoms with E-state index in [4.69, 9.17) is 0 Å². The third kappa shape index (κ3) is 6.22. The molecule has 0 bridgehead atoms. The first-order valence-electron chi connectivity index (χ1n) is 9.18. The van der Waals surface area contributed by atoms with Crippen molar-refractivity contribution in [2.75, 3.05) is 0 Å². The minimum Gasteiger partial charge on any atom is -0.269 e. The second-order valence-corrected chi connectivity index (χ2v) is 7.93. The number of allylic oxidation sites excluding steroid dienone is 8. The van der Waals surface area contributed by atoms with Crippen molar-refractivity contribution in [1.29, 1.82) is 0 Å². The SMILES string of the molecule is CC1(C2=[C-]CC=C2)CCCC1.CC1(C2=[C-]CC=C2)CCCC1.Cl.Cl.[Zr+2]. The Labute approximate surface area is 186 Å². The van der Waals surface area contributed by atoms with E-state index in [0.717, 1.165) is 12.8 Å². The smallest absolute Gasteiger partial charge is 0.269 e. The largest absolute Gasteiger partial charge is 2.00 e. The average Bonchev–Trinajstić information content (AvgIpc) is 3.29. The Morgan fingerprint density at radius 1 is 0.680 bits per heavy atom. The first-order valence-corrected chi connectivity index (χ1v) is 9.18. The molecule has 0 nitrogen and oxygen atoms in total. The third-order valence-corrected chi connectivity index (χ3v) is 6.10. The van der Waals surface area contributed by atoms with Crippen molar-refractivity contribution in [1.82, 2.24) is 0 Å². The van der Waals surface area contributed by atoms with E-state index in [-0.39, 0.29) is 51.0 Å². The van der Waals surface area contributed by atoms with E-state index in [0.29, 0.717) is 10.8 Å². The summed E-state index contributed by atoms with van der Waals surface area (Å²) in [4.78, 5) is 0. The molecule has 2 saturated carbocycles. The van der Waals surface area contributed by atoms with Crippen LogP contribution in [0, 0.1) is 23.0 Å². The molecule has 25 heavy (non-hydrogen) atoms. The zero-order valence-corrected chi connectivity index (χ0v) is 19.8. The van der Waals surface area contributed by atoms with E-state index in [9.17, 15) is 0 Å². The first-order chi connectivity index (χ1) is 10.6. The number of hydrogen-bond donors (Lipinski definition) is 0. The fourth-order valence-electron chi connectivity index (χ4n) is 4.49. The summed E-state index contributed by atoms with van der Waals surface area (Å²) in [6, 6.07) is 0. The van der Waals surface area contributed by atoms with Crippen LogP contribution in [0.25, 0.3) is 0 Å². The maximum absolute atomic E-state index is 3.44. The van der Waals surface area contributed by atoms with Gasteiger partial charge in [0, 0.05) is 0 Å². The molecule has 0 N–H and O–H groups in total. The van der Waals surface area contributed by atoms with Crippen LogP contribution in [0.4, 0.5) is 0 Å². The Morgan fingerprint density at radius 3 is 1.24 bits per heavy atom. The summed E-state index contributed by atoms with van der Waals surface area (Å²) in [7, 11) is 0. The van der Waals surface area contributed by atoms with Crippen molar-refractivity contribution in [3.8, 4) is 0 Å². The molecule has 0 heterocycles. The predicted molar refractivity (Wildman–Crippen MR) is 109 cm³/mol. The zero-order chi connectivity index (χ0) is 15.5. The third-order valence-electron chi connectivity index (χ3n) is 6.10. The second kappa shape index (κ2) is 11.3. The number of rotatable bonds is 2. The van der Waals surface area contributed by atoms with Gasteiger partial charge in [-0.25, -0.2) is 23.3 Å². The van der Waals surface area contributed by atoms with Gasteiger partial charge in [-0.2, -0.15) is 12.2 Å². The molecule has 0 aromatic carbocycles. The monoisotopic (exact) mass is 456 g/mol. The molecule has 0 spiro atoms. The summed E-state index contributed by atoms with van der Waals surface area (Å²) >= 11 is 0. The zero-order valence-electron chi connectivity index (χ0n) is 15.7. The van der Waals surface area contributed by atoms with Crippen molar-refractivity contribution >= 4 is 24.8 Å². The maximum Gasteiger partial charge on any atom is 2.00 e. The van der Waals surface area contributed by atoms with E-state index in [1.807, 2.05) is 0 Å². The molecule has 4 aliphatic rings. The molecule has 4 aliphatic carbocycles. The maximum atomic E-state index is 3.44. The van der Waals surface area contributed by atoms with Gasteiger partial charge in [-0.3, -0.25) is 12.2 Å². The van der Waals surface area contributed by atoms with Gasteiger partial charge < -0.3 is 0 Å². The molecule has 0 unspecified atom stereocenters. The minimum atomic E-state index is 0. The van der Waals surface area contributed by atoms with Gasteiger partial charge in [-0.05, 0) is 36.5 Å². The molecule has 4 rings (SSSR count). The van der Waals surface area contributed by atoms with E-state index >= 15 is 0 Å². The van der Waals surface area contributed by atoms with Crippen LogP contribution >= 0.6 is 24.8 Å². The molecule has 0 atom stereocenters. The van der Waals surface area contributed by atoms with Crippen LogP contribution in [0.15, 0.2) is 35.5 Å². The minimum absolute atomic E-state index is 0. The van der Waals surface area contributed by atoms with E-state index in [1.165, 1.54) is 62.5 Å². The normalized spacial score (nSPS) is 24.2. The van der Waals surface area contributed by atoms with Crippen molar-refractivity contribution in [2.45, 2.75) is 78.1 Å². The summed E-state index contributed by atoms with van der Waals surface area (Å²) in [6.45, 7) is 4.77. The van der Waals surface area contributed by atoms with Crippen LogP contribution in [0.3, 0.4) is 0 Å². The van der Waals surface area contributed by atoms with E-state index in [1.54, 1.807) is 0 Å².